The summed E-state index contributed by atoms with van der Waals surface area (Å²) in [6.45, 7) is 6.09. The van der Waals surface area contributed by atoms with Crippen LogP contribution < -0.4 is 4.90 Å². The Kier molecular flexibility index (Phi) is 4.52. The smallest absolute Gasteiger partial charge is 0.136 e. The number of nitrogens with one attached hydrogen (secondary N) is 1. The minimum Gasteiger partial charge on any atom is -0.381 e. The topological polar surface area (TPSA) is 81.1 Å². The van der Waals surface area contributed by atoms with Gasteiger partial charge in [0, 0.05) is 33.7 Å². The second-order valence-corrected chi connectivity index (χ2v) is 7.74. The maximum Gasteiger partial charge on any atom is 0.136 e. The molecule has 2 aliphatic rings. The zero-order chi connectivity index (χ0) is 19.1. The van der Waals surface area contributed by atoms with Crippen LogP contribution in [0.5, 0.6) is 0 Å². The van der Waals surface area contributed by atoms with Crippen LogP contribution in [0.3, 0.4) is 0 Å². The van der Waals surface area contributed by atoms with E-state index in [9.17, 15) is 0 Å². The molecule has 1 N–H and O–H groups in total. The summed E-state index contributed by atoms with van der Waals surface area (Å²) in [6.07, 6.45) is 3.96. The molecule has 28 heavy (non-hydrogen) atoms. The standard InChI is InChI=1S/C20H26N6O2.H2/c1-13-11-28-9-7-26(13)17-10-15(14-4-3-8-27-12-14)20-19(22-17)18(24-25(20)2)16-5-6-21-23-16;/h5-6,10,13-14H,3-4,7-9,11-12H2,1-2H3,(H,21,23);1H/t13-,14+;/m1./s1. The van der Waals surface area contributed by atoms with E-state index in [-0.39, 0.29) is 1.43 Å². The lowest BCUT2D eigenvalue weighted by atomic mass is 9.92. The maximum atomic E-state index is 5.81. The lowest BCUT2D eigenvalue weighted by Gasteiger charge is -2.35. The van der Waals surface area contributed by atoms with Crippen molar-refractivity contribution in [2.24, 2.45) is 7.05 Å². The Morgan fingerprint density at radius 1 is 1.25 bits per heavy atom. The summed E-state index contributed by atoms with van der Waals surface area (Å²) in [5.74, 6) is 1.36. The number of aryl methyl sites for hydroxylation is 1. The Morgan fingerprint density at radius 3 is 2.89 bits per heavy atom. The number of ether oxygens (including phenoxy) is 2. The molecule has 150 valence electrons. The molecule has 0 bridgehead atoms. The van der Waals surface area contributed by atoms with Gasteiger partial charge in [-0.1, -0.05) is 0 Å². The molecule has 3 aromatic rings. The molecule has 0 spiro atoms. The van der Waals surface area contributed by atoms with Crippen molar-refractivity contribution in [2.75, 3.05) is 37.9 Å². The van der Waals surface area contributed by atoms with Crippen molar-refractivity contribution in [3.8, 4) is 11.4 Å². The molecule has 5 heterocycles. The molecule has 0 radical (unpaired) electrons. The van der Waals surface area contributed by atoms with Gasteiger partial charge in [-0.05, 0) is 37.5 Å². The van der Waals surface area contributed by atoms with Gasteiger partial charge in [0.15, 0.2) is 0 Å². The van der Waals surface area contributed by atoms with Crippen LogP contribution in [-0.4, -0.2) is 64.0 Å². The Bertz CT molecular complexity index is 967. The number of H-pyrrole nitrogens is 1. The van der Waals surface area contributed by atoms with E-state index in [2.05, 4.69) is 28.1 Å². The van der Waals surface area contributed by atoms with Gasteiger partial charge in [0.05, 0.1) is 37.1 Å². The fourth-order valence-electron chi connectivity index (χ4n) is 4.38. The Labute approximate surface area is 165 Å². The molecule has 0 amide bonds. The van der Waals surface area contributed by atoms with Crippen molar-refractivity contribution in [1.82, 2.24) is 25.0 Å². The van der Waals surface area contributed by atoms with Crippen LogP contribution in [0.1, 0.15) is 32.7 Å². The summed E-state index contributed by atoms with van der Waals surface area (Å²) in [5, 5.41) is 11.9. The molecule has 0 saturated carbocycles. The van der Waals surface area contributed by atoms with Gasteiger partial charge >= 0.3 is 0 Å². The van der Waals surface area contributed by atoms with E-state index in [4.69, 9.17) is 19.6 Å². The number of aromatic nitrogens is 5. The molecule has 0 unspecified atom stereocenters. The van der Waals surface area contributed by atoms with Gasteiger partial charge < -0.3 is 14.4 Å². The highest BCUT2D eigenvalue weighted by Crippen LogP contribution is 2.37. The third-order valence-electron chi connectivity index (χ3n) is 5.82. The summed E-state index contributed by atoms with van der Waals surface area (Å²) in [4.78, 5) is 7.43. The lowest BCUT2D eigenvalue weighted by molar-refractivity contribution is 0.0806. The summed E-state index contributed by atoms with van der Waals surface area (Å²) in [7, 11) is 1.99. The van der Waals surface area contributed by atoms with E-state index in [1.807, 2.05) is 17.8 Å². The lowest BCUT2D eigenvalue weighted by Crippen LogP contribution is -2.44. The predicted molar refractivity (Wildman–Crippen MR) is 109 cm³/mol. The molecule has 5 rings (SSSR count). The summed E-state index contributed by atoms with van der Waals surface area (Å²) < 4.78 is 13.4. The zero-order valence-corrected chi connectivity index (χ0v) is 16.4. The van der Waals surface area contributed by atoms with E-state index in [0.29, 0.717) is 12.0 Å². The number of nitrogens with zero attached hydrogens (tertiary/aromatic N) is 5. The Balaban J connectivity index is 0.00000205. The average molecular weight is 384 g/mol. The Morgan fingerprint density at radius 2 is 2.14 bits per heavy atom. The second-order valence-electron chi connectivity index (χ2n) is 7.74. The number of morpholine rings is 1. The van der Waals surface area contributed by atoms with Gasteiger partial charge in [-0.2, -0.15) is 10.2 Å². The number of aromatic amines is 1. The number of anilines is 1. The third-order valence-corrected chi connectivity index (χ3v) is 5.82. The normalized spacial score (nSPS) is 23.4. The van der Waals surface area contributed by atoms with Crippen LogP contribution in [0.25, 0.3) is 22.4 Å². The van der Waals surface area contributed by atoms with Crippen LogP contribution in [0, 0.1) is 0 Å². The molecule has 2 fully saturated rings. The molecule has 8 heteroatoms. The highest BCUT2D eigenvalue weighted by Gasteiger charge is 2.27. The number of rotatable bonds is 3. The largest absolute Gasteiger partial charge is 0.381 e. The van der Waals surface area contributed by atoms with Crippen molar-refractivity contribution in [2.45, 2.75) is 31.7 Å². The highest BCUT2D eigenvalue weighted by atomic mass is 16.5. The molecule has 2 saturated heterocycles. The van der Waals surface area contributed by atoms with Crippen molar-refractivity contribution >= 4 is 16.9 Å². The molecule has 3 aromatic heterocycles. The first-order valence-corrected chi connectivity index (χ1v) is 10.0. The SMILES string of the molecule is C[C@@H]1COCCN1c1cc([C@H]2CCCOC2)c2c(n1)c(-c1ccn[nH]1)nn2C.[HH]. The fraction of sp³-hybridized carbons (Fsp3) is 0.550. The average Bonchev–Trinajstić information content (AvgIpc) is 3.37. The van der Waals surface area contributed by atoms with E-state index in [0.717, 1.165) is 74.1 Å². The summed E-state index contributed by atoms with van der Waals surface area (Å²) in [5.41, 5.74) is 5.01. The Hall–Kier alpha value is -2.45. The van der Waals surface area contributed by atoms with Crippen LogP contribution in [0.4, 0.5) is 5.82 Å². The van der Waals surface area contributed by atoms with Crippen LogP contribution >= 0.6 is 0 Å². The summed E-state index contributed by atoms with van der Waals surface area (Å²) >= 11 is 0. The molecular weight excluding hydrogens is 356 g/mol. The van der Waals surface area contributed by atoms with E-state index >= 15 is 0 Å². The first kappa shape index (κ1) is 17.6. The molecule has 0 aliphatic carbocycles. The minimum absolute atomic E-state index is 0. The fourth-order valence-corrected chi connectivity index (χ4v) is 4.38. The third kappa shape index (κ3) is 2.97. The van der Waals surface area contributed by atoms with Crippen molar-refractivity contribution < 1.29 is 10.9 Å². The first-order chi connectivity index (χ1) is 13.7. The molecule has 8 nitrogen and oxygen atoms in total. The first-order valence-electron chi connectivity index (χ1n) is 10.0. The van der Waals surface area contributed by atoms with E-state index in [1.54, 1.807) is 6.20 Å². The highest BCUT2D eigenvalue weighted by molar-refractivity contribution is 5.92. The van der Waals surface area contributed by atoms with Crippen LogP contribution in [-0.2, 0) is 16.5 Å². The summed E-state index contributed by atoms with van der Waals surface area (Å²) in [6, 6.07) is 4.49. The van der Waals surface area contributed by atoms with Crippen LogP contribution in [0.15, 0.2) is 18.3 Å². The van der Waals surface area contributed by atoms with E-state index in [1.165, 1.54) is 5.56 Å². The van der Waals surface area contributed by atoms with E-state index < -0.39 is 0 Å². The molecule has 2 aliphatic heterocycles. The van der Waals surface area contributed by atoms with Gasteiger partial charge in [-0.25, -0.2) is 4.98 Å². The number of fused-ring (bicyclic) bond motifs is 1. The van der Waals surface area contributed by atoms with Crippen LogP contribution in [0.2, 0.25) is 0 Å². The van der Waals surface area contributed by atoms with Gasteiger partial charge in [-0.3, -0.25) is 9.78 Å². The maximum absolute atomic E-state index is 5.81. The second kappa shape index (κ2) is 7.18. The van der Waals surface area contributed by atoms with Gasteiger partial charge in [0.2, 0.25) is 0 Å². The number of pyridine rings is 1. The van der Waals surface area contributed by atoms with Gasteiger partial charge in [0.1, 0.15) is 17.0 Å². The number of hydrogen-bond acceptors (Lipinski definition) is 6. The number of hydrogen-bond donors (Lipinski definition) is 1. The monoisotopic (exact) mass is 384 g/mol. The van der Waals surface area contributed by atoms with Crippen molar-refractivity contribution in [3.63, 3.8) is 0 Å². The minimum atomic E-state index is 0. The molecule has 2 atom stereocenters. The van der Waals surface area contributed by atoms with Gasteiger partial charge in [0.25, 0.3) is 0 Å². The van der Waals surface area contributed by atoms with Crippen molar-refractivity contribution in [1.29, 1.82) is 0 Å². The van der Waals surface area contributed by atoms with Gasteiger partial charge in [-0.15, -0.1) is 0 Å². The quantitative estimate of drug-likeness (QED) is 0.748. The van der Waals surface area contributed by atoms with Crippen molar-refractivity contribution in [3.05, 3.63) is 23.9 Å². The zero-order valence-electron chi connectivity index (χ0n) is 16.4. The molecule has 0 aromatic carbocycles. The molecular formula is C20H28N6O2. The predicted octanol–water partition coefficient (Wildman–Crippen LogP) is 2.72.